The Bertz CT molecular complexity index is 571. The van der Waals surface area contributed by atoms with Crippen LogP contribution in [0.2, 0.25) is 0 Å². The average Bonchev–Trinajstić information content (AvgIpc) is 3.21. The summed E-state index contributed by atoms with van der Waals surface area (Å²) in [6.45, 7) is 5.47. The van der Waals surface area contributed by atoms with Crippen LogP contribution in [0.15, 0.2) is 22.8 Å². The normalized spacial score (nSPS) is 22.5. The van der Waals surface area contributed by atoms with Crippen molar-refractivity contribution >= 4 is 11.9 Å². The average molecular weight is 351 g/mol. The fourth-order valence-corrected chi connectivity index (χ4v) is 3.06. The lowest BCUT2D eigenvalue weighted by molar-refractivity contribution is -0.137. The minimum Gasteiger partial charge on any atom is -0.467 e. The predicted octanol–water partition coefficient (Wildman–Crippen LogP) is 1.000. The zero-order valence-electron chi connectivity index (χ0n) is 14.5. The first-order chi connectivity index (χ1) is 12.2. The zero-order chi connectivity index (χ0) is 17.6. The topological polar surface area (TPSA) is 84.2 Å². The highest BCUT2D eigenvalue weighted by molar-refractivity contribution is 5.87. The van der Waals surface area contributed by atoms with Crippen molar-refractivity contribution in [2.75, 3.05) is 46.0 Å². The molecule has 0 radical (unpaired) electrons. The Labute approximate surface area is 147 Å². The molecular weight excluding hydrogens is 326 g/mol. The highest BCUT2D eigenvalue weighted by Crippen LogP contribution is 2.22. The van der Waals surface area contributed by atoms with E-state index in [0.29, 0.717) is 58.2 Å². The van der Waals surface area contributed by atoms with Gasteiger partial charge in [-0.15, -0.1) is 0 Å². The molecule has 0 aliphatic carbocycles. The molecule has 2 unspecified atom stereocenters. The summed E-state index contributed by atoms with van der Waals surface area (Å²) in [5.41, 5.74) is 0. The van der Waals surface area contributed by atoms with E-state index in [2.05, 4.69) is 5.32 Å². The van der Waals surface area contributed by atoms with Crippen LogP contribution in [0.5, 0.6) is 0 Å². The van der Waals surface area contributed by atoms with Crippen LogP contribution in [-0.4, -0.2) is 73.8 Å². The molecule has 2 saturated heterocycles. The number of rotatable bonds is 4. The summed E-state index contributed by atoms with van der Waals surface area (Å²) in [6.07, 6.45) is 1.87. The number of hydrogen-bond acceptors (Lipinski definition) is 5. The molecule has 1 aromatic rings. The van der Waals surface area contributed by atoms with Gasteiger partial charge in [0.25, 0.3) is 0 Å². The summed E-state index contributed by atoms with van der Waals surface area (Å²) in [5.74, 6) is 0.656. The van der Waals surface area contributed by atoms with Crippen LogP contribution in [0.1, 0.15) is 25.2 Å². The molecule has 2 aliphatic heterocycles. The Morgan fingerprint density at radius 1 is 1.24 bits per heavy atom. The number of carbonyl (C=O) groups excluding carboxylic acids is 2. The summed E-state index contributed by atoms with van der Waals surface area (Å²) >= 11 is 0. The molecule has 3 rings (SSSR count). The number of amides is 3. The van der Waals surface area contributed by atoms with Gasteiger partial charge in [0.2, 0.25) is 5.91 Å². The maximum Gasteiger partial charge on any atom is 0.318 e. The molecule has 8 nitrogen and oxygen atoms in total. The van der Waals surface area contributed by atoms with Crippen molar-refractivity contribution in [3.63, 3.8) is 0 Å². The SMILES string of the molecule is CCC(NC(=O)N1CCOC(c2ccco2)C1)C(=O)N1CCOCC1. The molecule has 0 aromatic carbocycles. The van der Waals surface area contributed by atoms with Crippen molar-refractivity contribution in [2.45, 2.75) is 25.5 Å². The van der Waals surface area contributed by atoms with Crippen molar-refractivity contribution in [1.82, 2.24) is 15.1 Å². The van der Waals surface area contributed by atoms with Crippen LogP contribution >= 0.6 is 0 Å². The van der Waals surface area contributed by atoms with E-state index in [1.165, 1.54) is 0 Å². The van der Waals surface area contributed by atoms with E-state index in [1.807, 2.05) is 13.0 Å². The van der Waals surface area contributed by atoms with E-state index in [-0.39, 0.29) is 18.0 Å². The van der Waals surface area contributed by atoms with E-state index in [0.717, 1.165) is 0 Å². The Balaban J connectivity index is 1.56. The van der Waals surface area contributed by atoms with Gasteiger partial charge in [-0.2, -0.15) is 0 Å². The van der Waals surface area contributed by atoms with Gasteiger partial charge < -0.3 is 29.0 Å². The molecule has 138 valence electrons. The number of nitrogens with one attached hydrogen (secondary N) is 1. The lowest BCUT2D eigenvalue weighted by Crippen LogP contribution is -2.55. The lowest BCUT2D eigenvalue weighted by atomic mass is 10.2. The number of hydrogen-bond donors (Lipinski definition) is 1. The second-order valence-electron chi connectivity index (χ2n) is 6.17. The van der Waals surface area contributed by atoms with Gasteiger partial charge in [0, 0.05) is 19.6 Å². The monoisotopic (exact) mass is 351 g/mol. The summed E-state index contributed by atoms with van der Waals surface area (Å²) in [4.78, 5) is 28.6. The lowest BCUT2D eigenvalue weighted by Gasteiger charge is -2.34. The molecule has 25 heavy (non-hydrogen) atoms. The number of urea groups is 1. The summed E-state index contributed by atoms with van der Waals surface area (Å²) in [6, 6.07) is 2.87. The molecule has 1 N–H and O–H groups in total. The van der Waals surface area contributed by atoms with Crippen LogP contribution < -0.4 is 5.32 Å². The maximum atomic E-state index is 12.6. The molecule has 8 heteroatoms. The summed E-state index contributed by atoms with van der Waals surface area (Å²) < 4.78 is 16.3. The van der Waals surface area contributed by atoms with Gasteiger partial charge in [0.05, 0.1) is 32.6 Å². The molecule has 0 spiro atoms. The third-order valence-electron chi connectivity index (χ3n) is 4.54. The third kappa shape index (κ3) is 4.32. The van der Waals surface area contributed by atoms with Crippen LogP contribution in [0, 0.1) is 0 Å². The molecular formula is C17H25N3O5. The van der Waals surface area contributed by atoms with Crippen molar-refractivity contribution in [1.29, 1.82) is 0 Å². The number of carbonyl (C=O) groups is 2. The van der Waals surface area contributed by atoms with E-state index in [4.69, 9.17) is 13.9 Å². The second kappa shape index (κ2) is 8.35. The third-order valence-corrected chi connectivity index (χ3v) is 4.54. The molecule has 2 fully saturated rings. The second-order valence-corrected chi connectivity index (χ2v) is 6.17. The molecule has 3 heterocycles. The van der Waals surface area contributed by atoms with Crippen LogP contribution in [0.25, 0.3) is 0 Å². The quantitative estimate of drug-likeness (QED) is 0.875. The van der Waals surface area contributed by atoms with Gasteiger partial charge in [0.15, 0.2) is 0 Å². The molecule has 1 aromatic heterocycles. The van der Waals surface area contributed by atoms with Crippen molar-refractivity contribution in [2.24, 2.45) is 0 Å². The first-order valence-corrected chi connectivity index (χ1v) is 8.76. The van der Waals surface area contributed by atoms with Gasteiger partial charge in [-0.3, -0.25) is 4.79 Å². The van der Waals surface area contributed by atoms with Gasteiger partial charge in [-0.1, -0.05) is 6.92 Å². The Morgan fingerprint density at radius 2 is 2.00 bits per heavy atom. The van der Waals surface area contributed by atoms with Crippen molar-refractivity contribution in [3.8, 4) is 0 Å². The molecule has 2 aliphatic rings. The van der Waals surface area contributed by atoms with Crippen LogP contribution in [0.3, 0.4) is 0 Å². The van der Waals surface area contributed by atoms with Crippen LogP contribution in [-0.2, 0) is 14.3 Å². The zero-order valence-corrected chi connectivity index (χ0v) is 14.5. The minimum absolute atomic E-state index is 0.0463. The Hall–Kier alpha value is -2.06. The number of ether oxygens (including phenoxy) is 2. The number of nitrogens with zero attached hydrogens (tertiary/aromatic N) is 2. The van der Waals surface area contributed by atoms with E-state index < -0.39 is 6.04 Å². The molecule has 2 atom stereocenters. The van der Waals surface area contributed by atoms with E-state index >= 15 is 0 Å². The number of furan rings is 1. The molecule has 0 saturated carbocycles. The van der Waals surface area contributed by atoms with Gasteiger partial charge in [-0.25, -0.2) is 4.79 Å². The van der Waals surface area contributed by atoms with Gasteiger partial charge >= 0.3 is 6.03 Å². The predicted molar refractivity (Wildman–Crippen MR) is 89.0 cm³/mol. The van der Waals surface area contributed by atoms with Gasteiger partial charge in [-0.05, 0) is 18.6 Å². The van der Waals surface area contributed by atoms with E-state index in [1.54, 1.807) is 22.1 Å². The largest absolute Gasteiger partial charge is 0.467 e. The van der Waals surface area contributed by atoms with Crippen molar-refractivity contribution in [3.05, 3.63) is 24.2 Å². The fraction of sp³-hybridized carbons (Fsp3) is 0.647. The van der Waals surface area contributed by atoms with Crippen LogP contribution in [0.4, 0.5) is 4.79 Å². The Morgan fingerprint density at radius 3 is 2.68 bits per heavy atom. The maximum absolute atomic E-state index is 12.6. The standard InChI is InChI=1S/C17H25N3O5/c1-2-13(16(21)19-5-9-23-10-6-19)18-17(22)20-7-11-25-15(12-20)14-4-3-8-24-14/h3-4,8,13,15H,2,5-7,9-12H2,1H3,(H,18,22). The number of morpholine rings is 2. The first kappa shape index (κ1) is 17.8. The van der Waals surface area contributed by atoms with Crippen molar-refractivity contribution < 1.29 is 23.5 Å². The first-order valence-electron chi connectivity index (χ1n) is 8.76. The smallest absolute Gasteiger partial charge is 0.318 e. The molecule has 0 bridgehead atoms. The fourth-order valence-electron chi connectivity index (χ4n) is 3.06. The molecule has 3 amide bonds. The summed E-state index contributed by atoms with van der Waals surface area (Å²) in [7, 11) is 0. The highest BCUT2D eigenvalue weighted by Gasteiger charge is 2.31. The summed E-state index contributed by atoms with van der Waals surface area (Å²) in [5, 5.41) is 2.87. The highest BCUT2D eigenvalue weighted by atomic mass is 16.5. The Kier molecular flexibility index (Phi) is 5.93. The van der Waals surface area contributed by atoms with E-state index in [9.17, 15) is 9.59 Å². The minimum atomic E-state index is -0.518. The van der Waals surface area contributed by atoms with Gasteiger partial charge in [0.1, 0.15) is 17.9 Å².